The van der Waals surface area contributed by atoms with Gasteiger partial charge < -0.3 is 5.32 Å². The second kappa shape index (κ2) is 4.52. The molecule has 0 unspecified atom stereocenters. The van der Waals surface area contributed by atoms with Gasteiger partial charge in [0.25, 0.3) is 0 Å². The Bertz CT molecular complexity index is 205. The van der Waals surface area contributed by atoms with Crippen molar-refractivity contribution in [2.24, 2.45) is 0 Å². The van der Waals surface area contributed by atoms with E-state index in [0.717, 1.165) is 6.54 Å². The van der Waals surface area contributed by atoms with E-state index in [1.165, 1.54) is 23.3 Å². The molecule has 62 valence electrons. The average Bonchev–Trinajstić information content (AvgIpc) is 2.37. The fraction of sp³-hybridized carbons (Fsp3) is 0.556. The molecule has 0 aromatic carbocycles. The van der Waals surface area contributed by atoms with Gasteiger partial charge in [0, 0.05) is 4.88 Å². The van der Waals surface area contributed by atoms with Gasteiger partial charge in [-0.15, -0.1) is 11.3 Å². The van der Waals surface area contributed by atoms with Gasteiger partial charge in [-0.25, -0.2) is 0 Å². The first-order valence-electron chi connectivity index (χ1n) is 4.01. The highest BCUT2D eigenvalue weighted by atomic mass is 32.1. The van der Waals surface area contributed by atoms with Gasteiger partial charge in [0.05, 0.1) is 0 Å². The van der Waals surface area contributed by atoms with Crippen LogP contribution in [0, 0.1) is 6.92 Å². The maximum absolute atomic E-state index is 3.15. The third-order valence-electron chi connectivity index (χ3n) is 1.68. The van der Waals surface area contributed by atoms with Gasteiger partial charge in [-0.3, -0.25) is 0 Å². The van der Waals surface area contributed by atoms with Crippen molar-refractivity contribution < 1.29 is 0 Å². The molecule has 0 bridgehead atoms. The topological polar surface area (TPSA) is 12.0 Å². The Labute approximate surface area is 72.4 Å². The number of hydrogen-bond acceptors (Lipinski definition) is 2. The molecular formula is C9H15NS. The van der Waals surface area contributed by atoms with E-state index in [0.29, 0.717) is 0 Å². The van der Waals surface area contributed by atoms with E-state index in [2.05, 4.69) is 23.7 Å². The van der Waals surface area contributed by atoms with Crippen molar-refractivity contribution in [2.75, 3.05) is 13.6 Å². The Morgan fingerprint density at radius 3 is 2.91 bits per heavy atom. The smallest absolute Gasteiger partial charge is 0.00170 e. The van der Waals surface area contributed by atoms with Crippen LogP contribution in [0.15, 0.2) is 11.4 Å². The van der Waals surface area contributed by atoms with Crippen molar-refractivity contribution in [3.8, 4) is 0 Å². The fourth-order valence-electron chi connectivity index (χ4n) is 1.10. The summed E-state index contributed by atoms with van der Waals surface area (Å²) >= 11 is 1.84. The standard InChI is InChI=1S/C9H15NS/c1-8-6-9(7-11-8)4-3-5-10-2/h6-7,10H,3-5H2,1-2H3. The lowest BCUT2D eigenvalue weighted by Crippen LogP contribution is -2.07. The molecule has 2 heteroatoms. The first-order chi connectivity index (χ1) is 5.33. The number of thiophene rings is 1. The molecule has 1 aromatic rings. The van der Waals surface area contributed by atoms with Crippen LogP contribution in [0.5, 0.6) is 0 Å². The lowest BCUT2D eigenvalue weighted by molar-refractivity contribution is 0.726. The molecule has 0 saturated heterocycles. The second-order valence-electron chi connectivity index (χ2n) is 2.77. The monoisotopic (exact) mass is 169 g/mol. The minimum absolute atomic E-state index is 1.12. The van der Waals surface area contributed by atoms with Crippen LogP contribution in [0.4, 0.5) is 0 Å². The Morgan fingerprint density at radius 2 is 2.36 bits per heavy atom. The summed E-state index contributed by atoms with van der Waals surface area (Å²) in [5.74, 6) is 0. The summed E-state index contributed by atoms with van der Waals surface area (Å²) in [6.07, 6.45) is 2.46. The maximum atomic E-state index is 3.15. The van der Waals surface area contributed by atoms with Crippen molar-refractivity contribution in [1.29, 1.82) is 0 Å². The quantitative estimate of drug-likeness (QED) is 0.681. The summed E-state index contributed by atoms with van der Waals surface area (Å²) in [4.78, 5) is 1.42. The Balaban J connectivity index is 2.27. The summed E-state index contributed by atoms with van der Waals surface area (Å²) in [5, 5.41) is 5.40. The average molecular weight is 169 g/mol. The third-order valence-corrected chi connectivity index (χ3v) is 2.59. The molecule has 0 atom stereocenters. The van der Waals surface area contributed by atoms with Gasteiger partial charge in [0.15, 0.2) is 0 Å². The van der Waals surface area contributed by atoms with Gasteiger partial charge >= 0.3 is 0 Å². The van der Waals surface area contributed by atoms with Gasteiger partial charge in [-0.05, 0) is 50.4 Å². The van der Waals surface area contributed by atoms with E-state index in [9.17, 15) is 0 Å². The molecule has 0 saturated carbocycles. The molecule has 11 heavy (non-hydrogen) atoms. The SMILES string of the molecule is CNCCCc1csc(C)c1. The van der Waals surface area contributed by atoms with Crippen molar-refractivity contribution in [3.63, 3.8) is 0 Å². The first kappa shape index (κ1) is 8.75. The summed E-state index contributed by atoms with van der Waals surface area (Å²) in [7, 11) is 2.00. The molecule has 1 N–H and O–H groups in total. The highest BCUT2D eigenvalue weighted by molar-refractivity contribution is 7.10. The van der Waals surface area contributed by atoms with E-state index in [-0.39, 0.29) is 0 Å². The van der Waals surface area contributed by atoms with Crippen LogP contribution in [0.2, 0.25) is 0 Å². The van der Waals surface area contributed by atoms with E-state index < -0.39 is 0 Å². The van der Waals surface area contributed by atoms with E-state index in [1.54, 1.807) is 0 Å². The highest BCUT2D eigenvalue weighted by Gasteiger charge is 1.94. The minimum Gasteiger partial charge on any atom is -0.320 e. The molecular weight excluding hydrogens is 154 g/mol. The highest BCUT2D eigenvalue weighted by Crippen LogP contribution is 2.14. The summed E-state index contributed by atoms with van der Waals surface area (Å²) in [6.45, 7) is 3.28. The zero-order chi connectivity index (χ0) is 8.10. The molecule has 1 rings (SSSR count). The Kier molecular flexibility index (Phi) is 3.60. The fourth-order valence-corrected chi connectivity index (χ4v) is 1.84. The molecule has 1 aromatic heterocycles. The maximum Gasteiger partial charge on any atom is 0.00170 e. The van der Waals surface area contributed by atoms with Crippen LogP contribution in [-0.4, -0.2) is 13.6 Å². The summed E-state index contributed by atoms with van der Waals surface area (Å²) < 4.78 is 0. The predicted octanol–water partition coefficient (Wildman–Crippen LogP) is 2.21. The Morgan fingerprint density at radius 1 is 1.55 bits per heavy atom. The molecule has 0 radical (unpaired) electrons. The third kappa shape index (κ3) is 3.04. The van der Waals surface area contributed by atoms with Crippen molar-refractivity contribution in [2.45, 2.75) is 19.8 Å². The molecule has 1 nitrogen and oxygen atoms in total. The van der Waals surface area contributed by atoms with E-state index >= 15 is 0 Å². The van der Waals surface area contributed by atoms with Gasteiger partial charge in [0.2, 0.25) is 0 Å². The molecule has 0 amide bonds. The van der Waals surface area contributed by atoms with Crippen molar-refractivity contribution in [3.05, 3.63) is 21.9 Å². The normalized spacial score (nSPS) is 10.4. The van der Waals surface area contributed by atoms with Gasteiger partial charge in [0.1, 0.15) is 0 Å². The Hall–Kier alpha value is -0.340. The molecule has 0 fully saturated rings. The second-order valence-corrected chi connectivity index (χ2v) is 3.89. The molecule has 0 spiro atoms. The van der Waals surface area contributed by atoms with E-state index in [4.69, 9.17) is 0 Å². The summed E-state index contributed by atoms with van der Waals surface area (Å²) in [5.41, 5.74) is 1.49. The number of hydrogen-bond donors (Lipinski definition) is 1. The summed E-state index contributed by atoms with van der Waals surface area (Å²) in [6, 6.07) is 2.28. The number of rotatable bonds is 4. The van der Waals surface area contributed by atoms with Crippen LogP contribution >= 0.6 is 11.3 Å². The first-order valence-corrected chi connectivity index (χ1v) is 4.89. The molecule has 1 heterocycles. The zero-order valence-electron chi connectivity index (χ0n) is 7.18. The van der Waals surface area contributed by atoms with E-state index in [1.807, 2.05) is 18.4 Å². The minimum atomic E-state index is 1.12. The largest absolute Gasteiger partial charge is 0.320 e. The predicted molar refractivity (Wildman–Crippen MR) is 51.3 cm³/mol. The lowest BCUT2D eigenvalue weighted by Gasteiger charge is -1.95. The van der Waals surface area contributed by atoms with Crippen molar-refractivity contribution >= 4 is 11.3 Å². The molecule has 0 aliphatic heterocycles. The van der Waals surface area contributed by atoms with Crippen LogP contribution in [-0.2, 0) is 6.42 Å². The number of aryl methyl sites for hydroxylation is 2. The van der Waals surface area contributed by atoms with Crippen LogP contribution in [0.1, 0.15) is 16.9 Å². The molecule has 0 aliphatic carbocycles. The van der Waals surface area contributed by atoms with Crippen LogP contribution in [0.25, 0.3) is 0 Å². The van der Waals surface area contributed by atoms with Gasteiger partial charge in [-0.1, -0.05) is 0 Å². The van der Waals surface area contributed by atoms with Crippen LogP contribution < -0.4 is 5.32 Å². The lowest BCUT2D eigenvalue weighted by atomic mass is 10.2. The van der Waals surface area contributed by atoms with Crippen LogP contribution in [0.3, 0.4) is 0 Å². The molecule has 0 aliphatic rings. The number of nitrogens with one attached hydrogen (secondary N) is 1. The van der Waals surface area contributed by atoms with Gasteiger partial charge in [-0.2, -0.15) is 0 Å². The zero-order valence-corrected chi connectivity index (χ0v) is 8.00. The van der Waals surface area contributed by atoms with Crippen molar-refractivity contribution in [1.82, 2.24) is 5.32 Å².